The Kier molecular flexibility index (Phi) is 7.22. The lowest BCUT2D eigenvalue weighted by molar-refractivity contribution is 0.0600. The fourth-order valence-electron chi connectivity index (χ4n) is 3.28. The molecule has 0 aliphatic heterocycles. The molecule has 1 N–H and O–H groups in total. The van der Waals surface area contributed by atoms with Crippen molar-refractivity contribution >= 4 is 16.0 Å². The summed E-state index contributed by atoms with van der Waals surface area (Å²) in [6.45, 7) is 0.979. The van der Waals surface area contributed by atoms with Crippen molar-refractivity contribution in [3.8, 4) is 11.1 Å². The van der Waals surface area contributed by atoms with E-state index in [1.54, 1.807) is 0 Å². The summed E-state index contributed by atoms with van der Waals surface area (Å²) in [6.07, 6.45) is 0. The molecule has 0 saturated carbocycles. The maximum atomic E-state index is 12.8. The Bertz CT molecular complexity index is 1160. The van der Waals surface area contributed by atoms with E-state index in [1.165, 1.54) is 36.9 Å². The topological polar surface area (TPSA) is 75.7 Å². The molecule has 0 radical (unpaired) electrons. The number of esters is 1. The van der Waals surface area contributed by atoms with Gasteiger partial charge in [-0.25, -0.2) is 17.9 Å². The van der Waals surface area contributed by atoms with Crippen molar-refractivity contribution in [2.75, 3.05) is 21.2 Å². The first-order valence-electron chi connectivity index (χ1n) is 9.80. The number of hydrogen-bond donors (Lipinski definition) is 1. The fourth-order valence-corrected chi connectivity index (χ4v) is 4.33. The van der Waals surface area contributed by atoms with Gasteiger partial charge >= 0.3 is 5.97 Å². The summed E-state index contributed by atoms with van der Waals surface area (Å²) >= 11 is 0. The number of methoxy groups -OCH3 is 1. The van der Waals surface area contributed by atoms with Crippen molar-refractivity contribution in [3.05, 3.63) is 89.5 Å². The highest BCUT2D eigenvalue weighted by Gasteiger charge is 2.17. The zero-order valence-electron chi connectivity index (χ0n) is 17.8. The third-order valence-corrected chi connectivity index (χ3v) is 6.20. The molecule has 0 aliphatic rings. The zero-order chi connectivity index (χ0) is 22.4. The quantitative estimate of drug-likeness (QED) is 0.543. The average molecular weight is 439 g/mol. The number of hydrogen-bond acceptors (Lipinski definition) is 5. The molecule has 0 amide bonds. The summed E-state index contributed by atoms with van der Waals surface area (Å²) in [7, 11) is 1.50. The van der Waals surface area contributed by atoms with Gasteiger partial charge in [0.2, 0.25) is 10.0 Å². The molecule has 0 atom stereocenters. The predicted octanol–water partition coefficient (Wildman–Crippen LogP) is 3.68. The fraction of sp³-hybridized carbons (Fsp3) is 0.208. The van der Waals surface area contributed by atoms with Gasteiger partial charge in [0, 0.05) is 13.1 Å². The third-order valence-electron chi connectivity index (χ3n) is 4.80. The van der Waals surface area contributed by atoms with Crippen LogP contribution in [0, 0.1) is 0 Å². The molecule has 0 bridgehead atoms. The molecule has 0 heterocycles. The minimum atomic E-state index is -3.81. The van der Waals surface area contributed by atoms with Crippen molar-refractivity contribution < 1.29 is 17.9 Å². The van der Waals surface area contributed by atoms with Crippen LogP contribution in [0.3, 0.4) is 0 Å². The van der Waals surface area contributed by atoms with E-state index in [-0.39, 0.29) is 17.0 Å². The van der Waals surface area contributed by atoms with E-state index in [1.807, 2.05) is 50.5 Å². The van der Waals surface area contributed by atoms with Crippen LogP contribution in [0.25, 0.3) is 11.1 Å². The molecule has 0 unspecified atom stereocenters. The molecule has 0 aliphatic carbocycles. The van der Waals surface area contributed by atoms with E-state index >= 15 is 0 Å². The molecule has 0 spiro atoms. The molecule has 0 aromatic heterocycles. The number of nitrogens with zero attached hydrogens (tertiary/aromatic N) is 1. The van der Waals surface area contributed by atoms with Crippen LogP contribution in [0.1, 0.15) is 21.5 Å². The van der Waals surface area contributed by atoms with Gasteiger partial charge in [-0.1, -0.05) is 54.6 Å². The highest BCUT2D eigenvalue weighted by Crippen LogP contribution is 2.25. The van der Waals surface area contributed by atoms with E-state index in [2.05, 4.69) is 26.5 Å². The van der Waals surface area contributed by atoms with Gasteiger partial charge in [-0.05, 0) is 54.5 Å². The molecular weight excluding hydrogens is 412 g/mol. The minimum Gasteiger partial charge on any atom is -0.465 e. The van der Waals surface area contributed by atoms with Crippen LogP contribution in [0.15, 0.2) is 77.7 Å². The summed E-state index contributed by atoms with van der Waals surface area (Å²) in [5.41, 5.74) is 4.23. The Hall–Kier alpha value is -3.00. The lowest BCUT2D eigenvalue weighted by atomic mass is 9.99. The first-order chi connectivity index (χ1) is 14.8. The van der Waals surface area contributed by atoms with E-state index in [4.69, 9.17) is 0 Å². The second kappa shape index (κ2) is 9.87. The van der Waals surface area contributed by atoms with E-state index in [0.717, 1.165) is 23.2 Å². The number of benzene rings is 3. The zero-order valence-corrected chi connectivity index (χ0v) is 18.6. The average Bonchev–Trinajstić information content (AvgIpc) is 2.77. The second-order valence-corrected chi connectivity index (χ2v) is 9.20. The SMILES string of the molecule is COC(=O)c1cccc(S(=O)(=O)NCc2ccccc2-c2ccc(CN(C)C)cc2)c1. The highest BCUT2D eigenvalue weighted by molar-refractivity contribution is 7.89. The summed E-state index contributed by atoms with van der Waals surface area (Å²) in [5.74, 6) is -0.583. The van der Waals surface area contributed by atoms with Gasteiger partial charge in [0.25, 0.3) is 0 Å². The van der Waals surface area contributed by atoms with Gasteiger partial charge in [0.05, 0.1) is 17.6 Å². The van der Waals surface area contributed by atoms with Crippen LogP contribution in [-0.2, 0) is 27.8 Å². The lowest BCUT2D eigenvalue weighted by Gasteiger charge is -2.13. The smallest absolute Gasteiger partial charge is 0.337 e. The van der Waals surface area contributed by atoms with Crippen LogP contribution in [0.5, 0.6) is 0 Å². The van der Waals surface area contributed by atoms with Crippen molar-refractivity contribution in [1.29, 1.82) is 0 Å². The maximum absolute atomic E-state index is 12.8. The van der Waals surface area contributed by atoms with Gasteiger partial charge in [0.15, 0.2) is 0 Å². The van der Waals surface area contributed by atoms with E-state index in [0.29, 0.717) is 0 Å². The Morgan fingerprint density at radius 3 is 2.35 bits per heavy atom. The lowest BCUT2D eigenvalue weighted by Crippen LogP contribution is -2.23. The normalized spacial score (nSPS) is 11.5. The first kappa shape index (κ1) is 22.7. The van der Waals surface area contributed by atoms with E-state index < -0.39 is 16.0 Å². The van der Waals surface area contributed by atoms with Crippen LogP contribution in [0.4, 0.5) is 0 Å². The number of sulfonamides is 1. The van der Waals surface area contributed by atoms with Crippen molar-refractivity contribution in [2.24, 2.45) is 0 Å². The van der Waals surface area contributed by atoms with Crippen LogP contribution < -0.4 is 4.72 Å². The first-order valence-corrected chi connectivity index (χ1v) is 11.3. The van der Waals surface area contributed by atoms with Crippen LogP contribution >= 0.6 is 0 Å². The van der Waals surface area contributed by atoms with Gasteiger partial charge in [-0.2, -0.15) is 0 Å². The molecule has 7 heteroatoms. The summed E-state index contributed by atoms with van der Waals surface area (Å²) in [4.78, 5) is 13.8. The van der Waals surface area contributed by atoms with Crippen molar-refractivity contribution in [1.82, 2.24) is 9.62 Å². The summed E-state index contributed by atoms with van der Waals surface area (Å²) < 4.78 is 32.9. The number of nitrogens with one attached hydrogen (secondary N) is 1. The molecule has 3 aromatic rings. The monoisotopic (exact) mass is 438 g/mol. The molecule has 0 fully saturated rings. The molecule has 3 rings (SSSR count). The number of carbonyl (C=O) groups excluding carboxylic acids is 1. The number of ether oxygens (including phenoxy) is 1. The second-order valence-electron chi connectivity index (χ2n) is 7.44. The van der Waals surface area contributed by atoms with Crippen molar-refractivity contribution in [3.63, 3.8) is 0 Å². The number of rotatable bonds is 8. The van der Waals surface area contributed by atoms with Crippen molar-refractivity contribution in [2.45, 2.75) is 18.0 Å². The molecule has 31 heavy (non-hydrogen) atoms. The Morgan fingerprint density at radius 2 is 1.68 bits per heavy atom. The Labute approximate surface area is 183 Å². The summed E-state index contributed by atoms with van der Waals surface area (Å²) in [5, 5.41) is 0. The third kappa shape index (κ3) is 5.79. The maximum Gasteiger partial charge on any atom is 0.337 e. The largest absolute Gasteiger partial charge is 0.465 e. The molecule has 6 nitrogen and oxygen atoms in total. The van der Waals surface area contributed by atoms with Crippen LogP contribution in [0.2, 0.25) is 0 Å². The molecule has 162 valence electrons. The van der Waals surface area contributed by atoms with Gasteiger partial charge < -0.3 is 9.64 Å². The van der Waals surface area contributed by atoms with Gasteiger partial charge in [-0.15, -0.1) is 0 Å². The standard InChI is InChI=1S/C24H26N2O4S/c1-26(2)17-18-11-13-19(14-12-18)23-10-5-4-7-21(23)16-25-31(28,29)22-9-6-8-20(15-22)24(27)30-3/h4-15,25H,16-17H2,1-3H3. The molecular formula is C24H26N2O4S. The Morgan fingerprint density at radius 1 is 0.968 bits per heavy atom. The van der Waals surface area contributed by atoms with Gasteiger partial charge in [0.1, 0.15) is 0 Å². The minimum absolute atomic E-state index is 0.0147. The molecule has 0 saturated heterocycles. The van der Waals surface area contributed by atoms with Gasteiger partial charge in [-0.3, -0.25) is 0 Å². The Balaban J connectivity index is 1.81. The predicted molar refractivity (Wildman–Crippen MR) is 121 cm³/mol. The van der Waals surface area contributed by atoms with Crippen LogP contribution in [-0.4, -0.2) is 40.5 Å². The summed E-state index contributed by atoms with van der Waals surface area (Å²) in [6, 6.07) is 21.7. The number of carbonyl (C=O) groups is 1. The van der Waals surface area contributed by atoms with E-state index in [9.17, 15) is 13.2 Å². The molecule has 3 aromatic carbocycles. The highest BCUT2D eigenvalue weighted by atomic mass is 32.2.